The zero-order valence-electron chi connectivity index (χ0n) is 63.1. The van der Waals surface area contributed by atoms with Gasteiger partial charge in [-0.25, -0.2) is 4.57 Å². The molecule has 1 N–H and O–H groups in total. The number of phosphoric acid groups is 1. The Balaban J connectivity index is 3.99. The molecule has 2 unspecified atom stereocenters. The maximum atomic E-state index is 12.9. The van der Waals surface area contributed by atoms with Crippen molar-refractivity contribution in [2.45, 2.75) is 354 Å². The van der Waals surface area contributed by atoms with E-state index in [4.69, 9.17) is 18.5 Å². The van der Waals surface area contributed by atoms with E-state index in [2.05, 4.69) is 148 Å². The van der Waals surface area contributed by atoms with Crippen LogP contribution in [0.2, 0.25) is 0 Å². The van der Waals surface area contributed by atoms with Gasteiger partial charge in [0, 0.05) is 12.8 Å². The Kier molecular flexibility index (Phi) is 72.3. The van der Waals surface area contributed by atoms with Crippen molar-refractivity contribution < 1.29 is 42.1 Å². The summed E-state index contributed by atoms with van der Waals surface area (Å²) in [6.45, 7) is 4.32. The number of carbonyl (C=O) groups excluding carboxylic acids is 2. The first-order chi connectivity index (χ1) is 47.0. The van der Waals surface area contributed by atoms with Gasteiger partial charge < -0.3 is 18.9 Å². The second kappa shape index (κ2) is 75.4. The molecule has 0 bridgehead atoms. The SMILES string of the molecule is CC/C=C\C/C=C\C/C=C\C/C=C\C/C=C\C/C=C\C/C=C\C/C=C\CCCCCCCCCCC(=O)OC(COC(=O)CCCCCCCCCCCCCCCCCCCCCCCCCC/C=C\C/C=C\C/C=C\CCCCCCC)COP(=O)(O)OCC[N+](C)(C)C. The lowest BCUT2D eigenvalue weighted by atomic mass is 10.0. The number of phosphoric ester groups is 1. The molecule has 0 saturated carbocycles. The summed E-state index contributed by atoms with van der Waals surface area (Å²) in [7, 11) is 1.47. The number of carbonyl (C=O) groups is 2. The first kappa shape index (κ1) is 92.2. The number of likely N-dealkylation sites (N-methyl/N-ethyl adjacent to an activating group) is 1. The number of rotatable bonds is 73. The number of hydrogen-bond acceptors (Lipinski definition) is 7. The summed E-state index contributed by atoms with van der Waals surface area (Å²) < 4.78 is 34.8. The molecule has 552 valence electrons. The largest absolute Gasteiger partial charge is 0.472 e. The number of unbranched alkanes of at least 4 members (excludes halogenated alkanes) is 37. The molecule has 2 atom stereocenters. The second-order valence-electron chi connectivity index (χ2n) is 27.7. The first-order valence-electron chi connectivity index (χ1n) is 39.9. The van der Waals surface area contributed by atoms with Crippen LogP contribution in [0.15, 0.2) is 134 Å². The molecule has 0 radical (unpaired) electrons. The number of esters is 2. The molecule has 0 saturated heterocycles. The number of ether oxygens (including phenoxy) is 2. The van der Waals surface area contributed by atoms with E-state index in [1.54, 1.807) is 0 Å². The highest BCUT2D eigenvalue weighted by molar-refractivity contribution is 7.47. The summed E-state index contributed by atoms with van der Waals surface area (Å²) in [5.74, 6) is -0.801. The highest BCUT2D eigenvalue weighted by atomic mass is 31.2. The zero-order chi connectivity index (χ0) is 69.7. The fourth-order valence-electron chi connectivity index (χ4n) is 11.1. The monoisotopic (exact) mass is 1360 g/mol. The zero-order valence-corrected chi connectivity index (χ0v) is 64.0. The summed E-state index contributed by atoms with van der Waals surface area (Å²) in [6.07, 6.45) is 110. The minimum atomic E-state index is -4.41. The molecule has 0 aliphatic heterocycles. The predicted molar refractivity (Wildman–Crippen MR) is 417 cm³/mol. The standard InChI is InChI=1S/C86H150NO8P/c1-6-8-10-12-14-16-18-20-22-24-26-28-30-32-34-36-38-40-41-42-43-44-45-47-48-50-52-54-56-58-60-62-64-66-68-70-72-74-76-78-85(88)92-82-84(83-94-96(90,91)93-81-80-87(3,4)5)95-86(89)79-77-75-73-71-69-67-65-63-61-59-57-55-53-51-49-46-39-37-35-33-31-29-27-25-23-21-19-17-15-13-11-9-7-2/h9,11,15,17-18,20-21,23-24,26-27,29-30,32-33,35,39,46,51,53,57,59,84H,6-8,10,12-14,16,19,22,25,28,31,34,36-38,40-45,47-50,52,54-56,58,60-83H2,1-5H3/p+1/b11-9-,17-15-,20-18-,23-21-,26-24-,29-27-,32-30-,35-33-,46-39-,53-51-,59-57-. The van der Waals surface area contributed by atoms with Crippen molar-refractivity contribution in [2.75, 3.05) is 47.5 Å². The van der Waals surface area contributed by atoms with Crippen LogP contribution in [0, 0.1) is 0 Å². The van der Waals surface area contributed by atoms with E-state index < -0.39 is 26.5 Å². The Bertz CT molecular complexity index is 2090. The number of hydrogen-bond donors (Lipinski definition) is 1. The number of allylic oxidation sites excluding steroid dienone is 22. The van der Waals surface area contributed by atoms with E-state index in [1.807, 2.05) is 21.1 Å². The van der Waals surface area contributed by atoms with Gasteiger partial charge in [0.1, 0.15) is 19.8 Å². The summed E-state index contributed by atoms with van der Waals surface area (Å²) in [6, 6.07) is 0. The van der Waals surface area contributed by atoms with Crippen molar-refractivity contribution >= 4 is 19.8 Å². The summed E-state index contributed by atoms with van der Waals surface area (Å²) in [5, 5.41) is 0. The fraction of sp³-hybridized carbons (Fsp3) is 0.721. The third-order valence-electron chi connectivity index (χ3n) is 17.2. The lowest BCUT2D eigenvalue weighted by molar-refractivity contribution is -0.870. The lowest BCUT2D eigenvalue weighted by Crippen LogP contribution is -2.37. The normalized spacial score (nSPS) is 13.8. The van der Waals surface area contributed by atoms with Crippen molar-refractivity contribution in [3.8, 4) is 0 Å². The van der Waals surface area contributed by atoms with Crippen LogP contribution >= 0.6 is 7.82 Å². The van der Waals surface area contributed by atoms with Gasteiger partial charge in [-0.2, -0.15) is 0 Å². The molecule has 0 spiro atoms. The van der Waals surface area contributed by atoms with Crippen molar-refractivity contribution in [3.63, 3.8) is 0 Å². The minimum Gasteiger partial charge on any atom is -0.462 e. The van der Waals surface area contributed by atoms with Crippen molar-refractivity contribution in [1.29, 1.82) is 0 Å². The van der Waals surface area contributed by atoms with Gasteiger partial charge in [-0.15, -0.1) is 0 Å². The maximum absolute atomic E-state index is 12.9. The molecule has 10 heteroatoms. The highest BCUT2D eigenvalue weighted by Gasteiger charge is 2.27. The average Bonchev–Trinajstić information content (AvgIpc) is 1.48. The van der Waals surface area contributed by atoms with Crippen LogP contribution in [0.25, 0.3) is 0 Å². The Hall–Kier alpha value is -3.85. The average molecular weight is 1360 g/mol. The Morgan fingerprint density at radius 1 is 0.333 bits per heavy atom. The lowest BCUT2D eigenvalue weighted by Gasteiger charge is -2.24. The minimum absolute atomic E-state index is 0.0254. The van der Waals surface area contributed by atoms with E-state index >= 15 is 0 Å². The van der Waals surface area contributed by atoms with Crippen LogP contribution in [-0.2, 0) is 32.7 Å². The van der Waals surface area contributed by atoms with E-state index in [0.717, 1.165) is 109 Å². The molecule has 0 aliphatic carbocycles. The molecule has 96 heavy (non-hydrogen) atoms. The van der Waals surface area contributed by atoms with E-state index in [-0.39, 0.29) is 32.0 Å². The Labute approximate surface area is 593 Å². The van der Waals surface area contributed by atoms with Gasteiger partial charge in [-0.1, -0.05) is 353 Å². The molecule has 0 aromatic heterocycles. The van der Waals surface area contributed by atoms with Gasteiger partial charge in [0.2, 0.25) is 0 Å². The third-order valence-corrected chi connectivity index (χ3v) is 18.1. The predicted octanol–water partition coefficient (Wildman–Crippen LogP) is 26.7. The number of quaternary nitrogens is 1. The third kappa shape index (κ3) is 79.1. The van der Waals surface area contributed by atoms with Crippen LogP contribution < -0.4 is 0 Å². The summed E-state index contributed by atoms with van der Waals surface area (Å²) >= 11 is 0. The van der Waals surface area contributed by atoms with Gasteiger partial charge in [-0.05, 0) is 116 Å². The molecule has 0 amide bonds. The van der Waals surface area contributed by atoms with Gasteiger partial charge in [0.05, 0.1) is 27.7 Å². The van der Waals surface area contributed by atoms with Crippen molar-refractivity contribution in [1.82, 2.24) is 0 Å². The molecule has 0 aliphatic rings. The molecule has 0 heterocycles. The molecule has 9 nitrogen and oxygen atoms in total. The van der Waals surface area contributed by atoms with Crippen LogP contribution in [0.3, 0.4) is 0 Å². The molecular formula is C86H151NO8P+. The topological polar surface area (TPSA) is 108 Å². The molecule has 0 fully saturated rings. The summed E-state index contributed by atoms with van der Waals surface area (Å²) in [5.41, 5.74) is 0. The van der Waals surface area contributed by atoms with Crippen LogP contribution in [0.1, 0.15) is 348 Å². The highest BCUT2D eigenvalue weighted by Crippen LogP contribution is 2.43. The fourth-order valence-corrected chi connectivity index (χ4v) is 11.8. The van der Waals surface area contributed by atoms with Gasteiger partial charge >= 0.3 is 19.8 Å². The first-order valence-corrected chi connectivity index (χ1v) is 41.4. The molecule has 0 aromatic rings. The Morgan fingerprint density at radius 2 is 0.594 bits per heavy atom. The van der Waals surface area contributed by atoms with E-state index in [1.165, 1.54) is 205 Å². The smallest absolute Gasteiger partial charge is 0.462 e. The Morgan fingerprint density at radius 3 is 0.885 bits per heavy atom. The molecular weight excluding hydrogens is 1210 g/mol. The van der Waals surface area contributed by atoms with Crippen molar-refractivity contribution in [3.05, 3.63) is 134 Å². The van der Waals surface area contributed by atoms with Crippen LogP contribution in [0.5, 0.6) is 0 Å². The maximum Gasteiger partial charge on any atom is 0.472 e. The van der Waals surface area contributed by atoms with Crippen LogP contribution in [-0.4, -0.2) is 74.9 Å². The molecule has 0 rings (SSSR count). The van der Waals surface area contributed by atoms with Crippen LogP contribution in [0.4, 0.5) is 0 Å². The molecule has 0 aromatic carbocycles. The van der Waals surface area contributed by atoms with Gasteiger partial charge in [-0.3, -0.25) is 18.6 Å². The van der Waals surface area contributed by atoms with E-state index in [0.29, 0.717) is 17.4 Å². The second-order valence-corrected chi connectivity index (χ2v) is 29.2. The van der Waals surface area contributed by atoms with Crippen molar-refractivity contribution in [2.24, 2.45) is 0 Å². The van der Waals surface area contributed by atoms with Gasteiger partial charge in [0.25, 0.3) is 0 Å². The van der Waals surface area contributed by atoms with E-state index in [9.17, 15) is 19.0 Å². The van der Waals surface area contributed by atoms with Gasteiger partial charge in [0.15, 0.2) is 6.10 Å². The quantitative estimate of drug-likeness (QED) is 0.0211. The number of nitrogens with zero attached hydrogens (tertiary/aromatic N) is 1. The summed E-state index contributed by atoms with van der Waals surface area (Å²) in [4.78, 5) is 36.0.